The normalized spacial score (nSPS) is 11.0. The van der Waals surface area contributed by atoms with Crippen molar-refractivity contribution in [1.82, 2.24) is 0 Å². The minimum Gasteiger partial charge on any atom is -0.507 e. The zero-order chi connectivity index (χ0) is 13.6. The van der Waals surface area contributed by atoms with Crippen molar-refractivity contribution in [2.45, 2.75) is 6.92 Å². The van der Waals surface area contributed by atoms with Crippen molar-refractivity contribution in [2.75, 3.05) is 0 Å². The second kappa shape index (κ2) is 3.99. The van der Waals surface area contributed by atoms with Gasteiger partial charge in [0.15, 0.2) is 0 Å². The number of hydrogen-bond acceptors (Lipinski definition) is 2. The molecule has 0 saturated heterocycles. The molecule has 0 amide bonds. The zero-order valence-electron chi connectivity index (χ0n) is 10.3. The Morgan fingerprint density at radius 1 is 0.895 bits per heavy atom. The third-order valence-corrected chi connectivity index (χ3v) is 3.30. The van der Waals surface area contributed by atoms with Gasteiger partial charge in [0.25, 0.3) is 0 Å². The van der Waals surface area contributed by atoms with Crippen LogP contribution < -0.4 is 0 Å². The highest BCUT2D eigenvalue weighted by molar-refractivity contribution is 6.03. The number of aromatic hydroxyl groups is 1. The van der Waals surface area contributed by atoms with Crippen LogP contribution >= 0.6 is 0 Å². The van der Waals surface area contributed by atoms with E-state index in [1.807, 2.05) is 31.2 Å². The molecule has 0 aliphatic rings. The lowest BCUT2D eigenvalue weighted by atomic mass is 10.00. The molecule has 0 aliphatic carbocycles. The van der Waals surface area contributed by atoms with Crippen molar-refractivity contribution in [1.29, 1.82) is 0 Å². The fourth-order valence-electron chi connectivity index (χ4n) is 2.33. The van der Waals surface area contributed by atoms with Gasteiger partial charge in [-0.2, -0.15) is 0 Å². The van der Waals surface area contributed by atoms with Gasteiger partial charge in [-0.15, -0.1) is 0 Å². The molecule has 0 heterocycles. The van der Waals surface area contributed by atoms with Gasteiger partial charge in [-0.1, -0.05) is 23.8 Å². The molecule has 2 N–H and O–H groups in total. The number of carboxylic acids is 1. The molecule has 0 fully saturated rings. The molecule has 94 valence electrons. The van der Waals surface area contributed by atoms with Gasteiger partial charge in [0.1, 0.15) is 11.3 Å². The van der Waals surface area contributed by atoms with Gasteiger partial charge in [0.05, 0.1) is 0 Å². The standard InChI is InChI=1S/C16H12O3/c1-9-2-3-10-5-13-8-15(17)14(16(18)19)7-12(13)6-11(10)4-9/h2-8,17H,1H3,(H,18,19). The molecule has 0 spiro atoms. The molecule has 3 nitrogen and oxygen atoms in total. The molecule has 3 heteroatoms. The monoisotopic (exact) mass is 252 g/mol. The lowest BCUT2D eigenvalue weighted by Gasteiger charge is -2.06. The van der Waals surface area contributed by atoms with Gasteiger partial charge in [-0.3, -0.25) is 0 Å². The molecule has 0 aromatic heterocycles. The summed E-state index contributed by atoms with van der Waals surface area (Å²) >= 11 is 0. The SMILES string of the molecule is Cc1ccc2cc3cc(O)c(C(=O)O)cc3cc2c1. The summed E-state index contributed by atoms with van der Waals surface area (Å²) in [5, 5.41) is 22.5. The van der Waals surface area contributed by atoms with Crippen molar-refractivity contribution in [3.63, 3.8) is 0 Å². The topological polar surface area (TPSA) is 57.5 Å². The minimum absolute atomic E-state index is 0.0699. The van der Waals surface area contributed by atoms with Gasteiger partial charge < -0.3 is 10.2 Å². The van der Waals surface area contributed by atoms with Gasteiger partial charge in [0.2, 0.25) is 0 Å². The van der Waals surface area contributed by atoms with Gasteiger partial charge in [-0.05, 0) is 52.7 Å². The van der Waals surface area contributed by atoms with Crippen LogP contribution in [0.1, 0.15) is 15.9 Å². The average molecular weight is 252 g/mol. The van der Waals surface area contributed by atoms with Crippen LogP contribution in [0.15, 0.2) is 42.5 Å². The van der Waals surface area contributed by atoms with E-state index in [1.165, 1.54) is 12.1 Å². The Kier molecular flexibility index (Phi) is 2.42. The van der Waals surface area contributed by atoms with Crippen LogP contribution in [0, 0.1) is 6.92 Å². The third-order valence-electron chi connectivity index (χ3n) is 3.30. The number of hydrogen-bond donors (Lipinski definition) is 2. The molecule has 0 aliphatic heterocycles. The van der Waals surface area contributed by atoms with Crippen LogP contribution in [0.4, 0.5) is 0 Å². The molecule has 3 aromatic carbocycles. The van der Waals surface area contributed by atoms with E-state index in [9.17, 15) is 9.90 Å². The Morgan fingerprint density at radius 2 is 1.53 bits per heavy atom. The predicted octanol–water partition coefficient (Wildman–Crippen LogP) is 3.71. The second-order valence-electron chi connectivity index (χ2n) is 4.72. The number of rotatable bonds is 1. The quantitative estimate of drug-likeness (QED) is 0.649. The van der Waals surface area contributed by atoms with E-state index in [0.29, 0.717) is 0 Å². The molecule has 0 radical (unpaired) electrons. The van der Waals surface area contributed by atoms with Crippen molar-refractivity contribution >= 4 is 27.5 Å². The highest BCUT2D eigenvalue weighted by atomic mass is 16.4. The smallest absolute Gasteiger partial charge is 0.339 e. The summed E-state index contributed by atoms with van der Waals surface area (Å²) in [6.45, 7) is 2.02. The maximum atomic E-state index is 11.0. The van der Waals surface area contributed by atoms with E-state index < -0.39 is 5.97 Å². The molecule has 0 bridgehead atoms. The zero-order valence-corrected chi connectivity index (χ0v) is 10.3. The Hall–Kier alpha value is -2.55. The number of carboxylic acid groups (broad SMARTS) is 1. The Bertz CT molecular complexity index is 819. The lowest BCUT2D eigenvalue weighted by molar-refractivity contribution is 0.0694. The summed E-state index contributed by atoms with van der Waals surface area (Å²) in [6, 6.07) is 13.0. The van der Waals surface area contributed by atoms with Gasteiger partial charge >= 0.3 is 5.97 Å². The molecular weight excluding hydrogens is 240 g/mol. The largest absolute Gasteiger partial charge is 0.507 e. The minimum atomic E-state index is -1.12. The van der Waals surface area contributed by atoms with Crippen molar-refractivity contribution in [2.24, 2.45) is 0 Å². The molecule has 0 atom stereocenters. The average Bonchev–Trinajstić information content (AvgIpc) is 2.35. The highest BCUT2D eigenvalue weighted by Gasteiger charge is 2.11. The number of aromatic carboxylic acids is 1. The summed E-state index contributed by atoms with van der Waals surface area (Å²) in [5.41, 5.74) is 1.09. The van der Waals surface area contributed by atoms with E-state index in [4.69, 9.17) is 5.11 Å². The lowest BCUT2D eigenvalue weighted by Crippen LogP contribution is -1.96. The van der Waals surface area contributed by atoms with E-state index in [-0.39, 0.29) is 11.3 Å². The van der Waals surface area contributed by atoms with Crippen LogP contribution in [0.3, 0.4) is 0 Å². The maximum Gasteiger partial charge on any atom is 0.339 e. The Labute approximate surface area is 109 Å². The highest BCUT2D eigenvalue weighted by Crippen LogP contribution is 2.29. The van der Waals surface area contributed by atoms with Gasteiger partial charge in [0, 0.05) is 0 Å². The van der Waals surface area contributed by atoms with E-state index >= 15 is 0 Å². The van der Waals surface area contributed by atoms with Crippen molar-refractivity contribution < 1.29 is 15.0 Å². The summed E-state index contributed by atoms with van der Waals surface area (Å²) in [4.78, 5) is 11.0. The molecule has 0 unspecified atom stereocenters. The second-order valence-corrected chi connectivity index (χ2v) is 4.72. The third kappa shape index (κ3) is 1.89. The number of fused-ring (bicyclic) bond motifs is 2. The molecule has 0 saturated carbocycles. The number of carbonyl (C=O) groups is 1. The first kappa shape index (κ1) is 11.5. The Morgan fingerprint density at radius 3 is 2.26 bits per heavy atom. The first-order valence-corrected chi connectivity index (χ1v) is 5.95. The summed E-state index contributed by atoms with van der Waals surface area (Å²) in [6.07, 6.45) is 0. The summed E-state index contributed by atoms with van der Waals surface area (Å²) in [7, 11) is 0. The molecule has 3 aromatic rings. The molecule has 19 heavy (non-hydrogen) atoms. The fourth-order valence-corrected chi connectivity index (χ4v) is 2.33. The maximum absolute atomic E-state index is 11.0. The van der Waals surface area contributed by atoms with Crippen LogP contribution in [-0.2, 0) is 0 Å². The van der Waals surface area contributed by atoms with E-state index in [2.05, 4.69) is 6.07 Å². The molecular formula is C16H12O3. The van der Waals surface area contributed by atoms with E-state index in [0.717, 1.165) is 27.1 Å². The van der Waals surface area contributed by atoms with Crippen LogP contribution in [-0.4, -0.2) is 16.2 Å². The van der Waals surface area contributed by atoms with Crippen LogP contribution in [0.25, 0.3) is 21.5 Å². The van der Waals surface area contributed by atoms with Crippen molar-refractivity contribution in [3.8, 4) is 5.75 Å². The van der Waals surface area contributed by atoms with E-state index in [1.54, 1.807) is 0 Å². The predicted molar refractivity (Wildman–Crippen MR) is 74.8 cm³/mol. The fraction of sp³-hybridized carbons (Fsp3) is 0.0625. The van der Waals surface area contributed by atoms with Crippen LogP contribution in [0.2, 0.25) is 0 Å². The van der Waals surface area contributed by atoms with Crippen LogP contribution in [0.5, 0.6) is 5.75 Å². The van der Waals surface area contributed by atoms with Gasteiger partial charge in [-0.25, -0.2) is 4.79 Å². The summed E-state index contributed by atoms with van der Waals surface area (Å²) < 4.78 is 0. The number of benzene rings is 3. The van der Waals surface area contributed by atoms with Crippen molar-refractivity contribution in [3.05, 3.63) is 53.6 Å². The number of aryl methyl sites for hydroxylation is 1. The Balaban J connectivity index is 2.38. The summed E-state index contributed by atoms with van der Waals surface area (Å²) in [5.74, 6) is -1.32. The first-order valence-electron chi connectivity index (χ1n) is 5.95. The molecule has 3 rings (SSSR count). The first-order chi connectivity index (χ1) is 9.04. The number of phenols is 1.